The second-order valence-electron chi connectivity index (χ2n) is 8.66. The number of carboxylic acid groups (broad SMARTS) is 1. The van der Waals surface area contributed by atoms with Crippen LogP contribution in [-0.4, -0.2) is 89.1 Å². The number of pyridine rings is 1. The molecule has 0 aromatic carbocycles. The van der Waals surface area contributed by atoms with Gasteiger partial charge in [-0.15, -0.1) is 0 Å². The molecule has 1 atom stereocenters. The standard InChI is InChI=1S/C25H34N6O9/c1-2-40-22(36)8-4-3-6-17(28-19(32)9-10-21(34)35)23(37)29-18-7-5-13-31(24(18)38)16-20(33)26-11-14-30-15-12-27-25(30)39/h4-5,7-8,13,17H,2-3,6,9-12,14-16H2,1H3,(H,26,33)(H,27,39)(H,28,32)(H,29,37)(H,34,35)/b8-4+. The molecule has 0 saturated carbocycles. The van der Waals surface area contributed by atoms with Crippen LogP contribution >= 0.6 is 0 Å². The molecule has 0 bridgehead atoms. The Morgan fingerprint density at radius 3 is 2.62 bits per heavy atom. The number of carboxylic acids is 1. The number of rotatable bonds is 16. The number of anilines is 1. The zero-order valence-electron chi connectivity index (χ0n) is 22.1. The molecule has 1 fully saturated rings. The van der Waals surface area contributed by atoms with Gasteiger partial charge in [-0.05, 0) is 31.9 Å². The predicted molar refractivity (Wildman–Crippen MR) is 141 cm³/mol. The molecule has 0 radical (unpaired) electrons. The Kier molecular flexibility index (Phi) is 12.9. The maximum Gasteiger partial charge on any atom is 0.330 e. The van der Waals surface area contributed by atoms with Gasteiger partial charge in [-0.3, -0.25) is 24.0 Å². The van der Waals surface area contributed by atoms with Crippen LogP contribution in [0, 0.1) is 0 Å². The Bertz CT molecular complexity index is 1180. The zero-order valence-corrected chi connectivity index (χ0v) is 22.1. The second-order valence-corrected chi connectivity index (χ2v) is 8.66. The number of nitrogens with one attached hydrogen (secondary N) is 4. The molecule has 1 saturated heterocycles. The lowest BCUT2D eigenvalue weighted by Gasteiger charge is -2.18. The highest BCUT2D eigenvalue weighted by molar-refractivity contribution is 5.97. The molecule has 15 nitrogen and oxygen atoms in total. The molecule has 40 heavy (non-hydrogen) atoms. The first-order chi connectivity index (χ1) is 19.1. The van der Waals surface area contributed by atoms with Crippen molar-refractivity contribution in [2.24, 2.45) is 0 Å². The van der Waals surface area contributed by atoms with Gasteiger partial charge in [0.05, 0.1) is 13.0 Å². The minimum absolute atomic E-state index is 0.0407. The molecule has 1 aliphatic rings. The van der Waals surface area contributed by atoms with E-state index in [9.17, 15) is 33.6 Å². The lowest BCUT2D eigenvalue weighted by atomic mass is 10.1. The third-order valence-corrected chi connectivity index (χ3v) is 5.62. The fourth-order valence-corrected chi connectivity index (χ4v) is 3.63. The molecule has 15 heteroatoms. The smallest absolute Gasteiger partial charge is 0.330 e. The Balaban J connectivity index is 2.01. The minimum atomic E-state index is -1.18. The molecule has 218 valence electrons. The first-order valence-corrected chi connectivity index (χ1v) is 12.7. The average Bonchev–Trinajstić information content (AvgIpc) is 3.31. The van der Waals surface area contributed by atoms with Crippen LogP contribution in [0.5, 0.6) is 0 Å². The Morgan fingerprint density at radius 2 is 1.95 bits per heavy atom. The normalized spacial score (nSPS) is 13.4. The van der Waals surface area contributed by atoms with E-state index in [1.165, 1.54) is 30.5 Å². The maximum atomic E-state index is 13.0. The molecule has 1 unspecified atom stereocenters. The first kappa shape index (κ1) is 31.5. The highest BCUT2D eigenvalue weighted by Gasteiger charge is 2.22. The van der Waals surface area contributed by atoms with Crippen LogP contribution in [0.3, 0.4) is 0 Å². The number of esters is 1. The third-order valence-electron chi connectivity index (χ3n) is 5.62. The van der Waals surface area contributed by atoms with E-state index < -0.39 is 47.7 Å². The number of nitrogens with zero attached hydrogens (tertiary/aromatic N) is 2. The molecule has 1 aliphatic heterocycles. The molecule has 1 aromatic rings. The Morgan fingerprint density at radius 1 is 1.18 bits per heavy atom. The van der Waals surface area contributed by atoms with Crippen molar-refractivity contribution in [3.05, 3.63) is 40.8 Å². The number of hydrogen-bond acceptors (Lipinski definition) is 8. The molecular formula is C25H34N6O9. The van der Waals surface area contributed by atoms with E-state index in [-0.39, 0.29) is 50.7 Å². The van der Waals surface area contributed by atoms with Gasteiger partial charge >= 0.3 is 18.0 Å². The monoisotopic (exact) mass is 562 g/mol. The van der Waals surface area contributed by atoms with Crippen LogP contribution in [0.15, 0.2) is 35.3 Å². The van der Waals surface area contributed by atoms with E-state index in [0.29, 0.717) is 19.6 Å². The van der Waals surface area contributed by atoms with Crippen molar-refractivity contribution >= 4 is 41.4 Å². The highest BCUT2D eigenvalue weighted by atomic mass is 16.5. The summed E-state index contributed by atoms with van der Waals surface area (Å²) in [5.41, 5.74) is -0.802. The lowest BCUT2D eigenvalue weighted by Crippen LogP contribution is -2.44. The fraction of sp³-hybridized carbons (Fsp3) is 0.480. The van der Waals surface area contributed by atoms with Gasteiger partial charge in [0.25, 0.3) is 5.56 Å². The van der Waals surface area contributed by atoms with Crippen molar-refractivity contribution in [2.75, 3.05) is 38.1 Å². The van der Waals surface area contributed by atoms with Crippen molar-refractivity contribution < 1.29 is 38.6 Å². The first-order valence-electron chi connectivity index (χ1n) is 12.7. The van der Waals surface area contributed by atoms with Gasteiger partial charge in [-0.1, -0.05) is 6.08 Å². The summed E-state index contributed by atoms with van der Waals surface area (Å²) < 4.78 is 5.87. The number of aliphatic carboxylic acids is 1. The minimum Gasteiger partial charge on any atom is -0.481 e. The Hall–Kier alpha value is -4.69. The summed E-state index contributed by atoms with van der Waals surface area (Å²) in [4.78, 5) is 85.7. The van der Waals surface area contributed by atoms with Crippen molar-refractivity contribution in [3.63, 3.8) is 0 Å². The number of allylic oxidation sites excluding steroid dienone is 1. The van der Waals surface area contributed by atoms with Crippen LogP contribution in [0.2, 0.25) is 0 Å². The largest absolute Gasteiger partial charge is 0.481 e. The van der Waals surface area contributed by atoms with Gasteiger partial charge in [0.2, 0.25) is 17.7 Å². The van der Waals surface area contributed by atoms with Gasteiger partial charge < -0.3 is 40.6 Å². The van der Waals surface area contributed by atoms with Crippen LogP contribution in [0.1, 0.15) is 32.6 Å². The van der Waals surface area contributed by atoms with Crippen molar-refractivity contribution in [1.82, 2.24) is 25.4 Å². The van der Waals surface area contributed by atoms with Gasteiger partial charge in [-0.2, -0.15) is 0 Å². The van der Waals surface area contributed by atoms with Crippen molar-refractivity contribution in [2.45, 2.75) is 45.2 Å². The number of carbonyl (C=O) groups is 6. The quantitative estimate of drug-likeness (QED) is 0.126. The molecule has 5 N–H and O–H groups in total. The number of ether oxygens (including phenoxy) is 1. The van der Waals surface area contributed by atoms with Gasteiger partial charge in [0.1, 0.15) is 18.3 Å². The van der Waals surface area contributed by atoms with Crippen LogP contribution < -0.4 is 26.8 Å². The summed E-state index contributed by atoms with van der Waals surface area (Å²) in [5, 5.41) is 19.0. The zero-order chi connectivity index (χ0) is 29.5. The van der Waals surface area contributed by atoms with E-state index in [0.717, 1.165) is 4.57 Å². The molecular weight excluding hydrogens is 528 g/mol. The van der Waals surface area contributed by atoms with Crippen molar-refractivity contribution in [1.29, 1.82) is 0 Å². The molecule has 5 amide bonds. The number of urea groups is 1. The number of carbonyl (C=O) groups excluding carboxylic acids is 5. The van der Waals surface area contributed by atoms with E-state index in [1.807, 2.05) is 0 Å². The number of hydrogen-bond donors (Lipinski definition) is 5. The summed E-state index contributed by atoms with van der Waals surface area (Å²) in [5.74, 6) is -3.63. The SMILES string of the molecule is CCOC(=O)/C=C/CCC(NC(=O)CCC(=O)O)C(=O)Nc1cccn(CC(=O)NCCN2CCNC2=O)c1=O. The van der Waals surface area contributed by atoms with E-state index in [4.69, 9.17) is 9.84 Å². The van der Waals surface area contributed by atoms with E-state index in [2.05, 4.69) is 21.3 Å². The Labute approximate surface area is 229 Å². The molecule has 2 heterocycles. The van der Waals surface area contributed by atoms with Gasteiger partial charge in [0, 0.05) is 44.9 Å². The van der Waals surface area contributed by atoms with E-state index >= 15 is 0 Å². The number of aromatic nitrogens is 1. The van der Waals surface area contributed by atoms with Crippen LogP contribution in [-0.2, 0) is 35.3 Å². The third kappa shape index (κ3) is 11.0. The van der Waals surface area contributed by atoms with Gasteiger partial charge in [0.15, 0.2) is 0 Å². The second kappa shape index (κ2) is 16.3. The number of amides is 5. The predicted octanol–water partition coefficient (Wildman–Crippen LogP) is -0.823. The molecule has 0 spiro atoms. The molecule has 0 aliphatic carbocycles. The molecule has 2 rings (SSSR count). The topological polar surface area (TPSA) is 205 Å². The summed E-state index contributed by atoms with van der Waals surface area (Å²) in [6, 6.07) is 1.44. The summed E-state index contributed by atoms with van der Waals surface area (Å²) >= 11 is 0. The summed E-state index contributed by atoms with van der Waals surface area (Å²) in [6.07, 6.45) is 3.47. The fourth-order valence-electron chi connectivity index (χ4n) is 3.63. The highest BCUT2D eigenvalue weighted by Crippen LogP contribution is 2.06. The lowest BCUT2D eigenvalue weighted by molar-refractivity contribution is -0.139. The summed E-state index contributed by atoms with van der Waals surface area (Å²) in [6.45, 7) is 3.11. The van der Waals surface area contributed by atoms with Crippen molar-refractivity contribution in [3.8, 4) is 0 Å². The molecule has 1 aromatic heterocycles. The van der Waals surface area contributed by atoms with Crippen LogP contribution in [0.25, 0.3) is 0 Å². The summed E-state index contributed by atoms with van der Waals surface area (Å²) in [7, 11) is 0. The maximum absolute atomic E-state index is 13.0. The van der Waals surface area contributed by atoms with E-state index in [1.54, 1.807) is 11.8 Å². The van der Waals surface area contributed by atoms with Gasteiger partial charge in [-0.25, -0.2) is 9.59 Å². The average molecular weight is 563 g/mol. The van der Waals surface area contributed by atoms with Crippen LogP contribution in [0.4, 0.5) is 10.5 Å².